The van der Waals surface area contributed by atoms with Crippen LogP contribution in [-0.4, -0.2) is 23.2 Å². The van der Waals surface area contributed by atoms with Gasteiger partial charge in [-0.05, 0) is 54.7 Å². The van der Waals surface area contributed by atoms with Crippen molar-refractivity contribution in [1.82, 2.24) is 4.98 Å². The second-order valence-electron chi connectivity index (χ2n) is 5.32. The van der Waals surface area contributed by atoms with Crippen molar-refractivity contribution < 1.29 is 14.6 Å². The smallest absolute Gasteiger partial charge is 0.335 e. The molecule has 4 heteroatoms. The van der Waals surface area contributed by atoms with E-state index in [9.17, 15) is 9.90 Å². The van der Waals surface area contributed by atoms with Crippen LogP contribution >= 0.6 is 0 Å². The average Bonchev–Trinajstić information content (AvgIpc) is 2.53. The highest BCUT2D eigenvalue weighted by Gasteiger charge is 2.18. The fourth-order valence-corrected chi connectivity index (χ4v) is 2.85. The van der Waals surface area contributed by atoms with Crippen LogP contribution in [0, 0.1) is 6.92 Å². The molecule has 1 aliphatic rings. The molecule has 1 heterocycles. The van der Waals surface area contributed by atoms with Gasteiger partial charge in [-0.25, -0.2) is 9.78 Å². The summed E-state index contributed by atoms with van der Waals surface area (Å²) >= 11 is 0. The van der Waals surface area contributed by atoms with Crippen molar-refractivity contribution >= 4 is 11.5 Å². The fraction of sp³-hybridized carbons (Fsp3) is 0.222. The molecule has 0 saturated heterocycles. The third kappa shape index (κ3) is 2.48. The number of fused-ring (bicyclic) bond motifs is 1. The number of aromatic nitrogens is 1. The number of carboxylic acid groups (broad SMARTS) is 1. The van der Waals surface area contributed by atoms with Gasteiger partial charge in [0.15, 0.2) is 0 Å². The first-order valence-corrected chi connectivity index (χ1v) is 7.19. The Hall–Kier alpha value is -2.62. The number of carbonyl (C=O) groups is 1. The van der Waals surface area contributed by atoms with Gasteiger partial charge in [0.2, 0.25) is 5.88 Å². The summed E-state index contributed by atoms with van der Waals surface area (Å²) in [5, 5.41) is 9.22. The van der Waals surface area contributed by atoms with E-state index in [1.54, 1.807) is 19.2 Å². The third-order valence-electron chi connectivity index (χ3n) is 3.97. The van der Waals surface area contributed by atoms with Gasteiger partial charge in [0.25, 0.3) is 0 Å². The SMILES string of the molecule is COc1ccc(C2=CCCc3ccc(C(=O)O)cc32)c(C)n1. The largest absolute Gasteiger partial charge is 0.481 e. The predicted octanol–water partition coefficient (Wildman–Crippen LogP) is 3.47. The van der Waals surface area contributed by atoms with Crippen LogP contribution in [-0.2, 0) is 6.42 Å². The van der Waals surface area contributed by atoms with Crippen molar-refractivity contribution in [3.05, 3.63) is 64.4 Å². The first-order valence-electron chi connectivity index (χ1n) is 7.19. The molecule has 1 aromatic carbocycles. The molecule has 1 aliphatic carbocycles. The van der Waals surface area contributed by atoms with E-state index in [-0.39, 0.29) is 0 Å². The number of ether oxygens (including phenoxy) is 1. The first-order chi connectivity index (χ1) is 10.6. The number of nitrogens with zero attached hydrogens (tertiary/aromatic N) is 1. The third-order valence-corrected chi connectivity index (χ3v) is 3.97. The second kappa shape index (κ2) is 5.64. The minimum absolute atomic E-state index is 0.311. The summed E-state index contributed by atoms with van der Waals surface area (Å²) in [6.07, 6.45) is 4.03. The Bertz CT molecular complexity index is 778. The molecule has 22 heavy (non-hydrogen) atoms. The molecule has 0 fully saturated rings. The zero-order valence-corrected chi connectivity index (χ0v) is 12.6. The summed E-state index contributed by atoms with van der Waals surface area (Å²) in [7, 11) is 1.59. The minimum Gasteiger partial charge on any atom is -0.481 e. The molecule has 1 N–H and O–H groups in total. The second-order valence-corrected chi connectivity index (χ2v) is 5.32. The summed E-state index contributed by atoms with van der Waals surface area (Å²) in [4.78, 5) is 15.6. The highest BCUT2D eigenvalue weighted by molar-refractivity contribution is 5.91. The maximum atomic E-state index is 11.2. The summed E-state index contributed by atoms with van der Waals surface area (Å²) in [5.41, 5.74) is 5.42. The number of hydrogen-bond acceptors (Lipinski definition) is 3. The quantitative estimate of drug-likeness (QED) is 0.942. The van der Waals surface area contributed by atoms with Crippen LogP contribution in [0.4, 0.5) is 0 Å². The lowest BCUT2D eigenvalue weighted by molar-refractivity contribution is 0.0697. The molecule has 0 aliphatic heterocycles. The Morgan fingerprint density at radius 2 is 2.05 bits per heavy atom. The van der Waals surface area contributed by atoms with Crippen LogP contribution in [0.5, 0.6) is 5.88 Å². The number of benzene rings is 1. The Morgan fingerprint density at radius 1 is 1.23 bits per heavy atom. The Balaban J connectivity index is 2.12. The molecule has 2 aromatic rings. The van der Waals surface area contributed by atoms with Gasteiger partial charge in [0, 0.05) is 17.3 Å². The van der Waals surface area contributed by atoms with Gasteiger partial charge in [-0.3, -0.25) is 0 Å². The van der Waals surface area contributed by atoms with E-state index >= 15 is 0 Å². The van der Waals surface area contributed by atoms with E-state index in [2.05, 4.69) is 11.1 Å². The van der Waals surface area contributed by atoms with Gasteiger partial charge in [-0.1, -0.05) is 12.1 Å². The highest BCUT2D eigenvalue weighted by atomic mass is 16.5. The van der Waals surface area contributed by atoms with E-state index in [4.69, 9.17) is 4.74 Å². The number of aromatic carboxylic acids is 1. The Kier molecular flexibility index (Phi) is 3.67. The zero-order valence-electron chi connectivity index (χ0n) is 12.6. The number of aryl methyl sites for hydroxylation is 2. The van der Waals surface area contributed by atoms with Crippen molar-refractivity contribution in [1.29, 1.82) is 0 Å². The number of methoxy groups -OCH3 is 1. The van der Waals surface area contributed by atoms with Crippen LogP contribution in [0.3, 0.4) is 0 Å². The maximum absolute atomic E-state index is 11.2. The van der Waals surface area contributed by atoms with Gasteiger partial charge in [-0.15, -0.1) is 0 Å². The molecular weight excluding hydrogens is 278 g/mol. The zero-order chi connectivity index (χ0) is 15.7. The Morgan fingerprint density at radius 3 is 2.73 bits per heavy atom. The number of rotatable bonds is 3. The highest BCUT2D eigenvalue weighted by Crippen LogP contribution is 2.34. The van der Waals surface area contributed by atoms with Gasteiger partial charge < -0.3 is 9.84 Å². The lowest BCUT2D eigenvalue weighted by Crippen LogP contribution is -2.06. The fourth-order valence-electron chi connectivity index (χ4n) is 2.85. The van der Waals surface area contributed by atoms with E-state index in [1.165, 1.54) is 5.56 Å². The maximum Gasteiger partial charge on any atom is 0.335 e. The molecule has 0 saturated carbocycles. The topological polar surface area (TPSA) is 59.4 Å². The number of hydrogen-bond donors (Lipinski definition) is 1. The van der Waals surface area contributed by atoms with Crippen LogP contribution in [0.15, 0.2) is 36.4 Å². The molecule has 0 bridgehead atoms. The summed E-state index contributed by atoms with van der Waals surface area (Å²) in [6.45, 7) is 1.94. The normalized spacial score (nSPS) is 13.3. The molecular formula is C18H17NO3. The van der Waals surface area contributed by atoms with Crippen molar-refractivity contribution in [2.75, 3.05) is 7.11 Å². The van der Waals surface area contributed by atoms with Gasteiger partial charge in [0.05, 0.1) is 12.7 Å². The number of carboxylic acids is 1. The Labute approximate surface area is 129 Å². The van der Waals surface area contributed by atoms with Crippen LogP contribution in [0.2, 0.25) is 0 Å². The van der Waals surface area contributed by atoms with E-state index < -0.39 is 5.97 Å². The van der Waals surface area contributed by atoms with Crippen LogP contribution in [0.1, 0.15) is 39.2 Å². The van der Waals surface area contributed by atoms with Crippen molar-refractivity contribution in [3.8, 4) is 5.88 Å². The monoisotopic (exact) mass is 295 g/mol. The minimum atomic E-state index is -0.905. The lowest BCUT2D eigenvalue weighted by atomic mass is 9.85. The average molecular weight is 295 g/mol. The van der Waals surface area contributed by atoms with Crippen molar-refractivity contribution in [2.45, 2.75) is 19.8 Å². The predicted molar refractivity (Wildman–Crippen MR) is 84.3 cm³/mol. The molecule has 4 nitrogen and oxygen atoms in total. The standard InChI is InChI=1S/C18H17NO3/c1-11-14(8-9-17(19-11)22-2)15-5-3-4-12-6-7-13(18(20)21)10-16(12)15/h5-10H,3-4H2,1-2H3,(H,20,21). The molecule has 112 valence electrons. The molecule has 0 spiro atoms. The van der Waals surface area contributed by atoms with Gasteiger partial charge in [0.1, 0.15) is 0 Å². The molecule has 0 amide bonds. The van der Waals surface area contributed by atoms with E-state index in [0.717, 1.165) is 35.2 Å². The first kappa shape index (κ1) is 14.3. The molecule has 3 rings (SSSR count). The summed E-state index contributed by atoms with van der Waals surface area (Å²) < 4.78 is 5.15. The lowest BCUT2D eigenvalue weighted by Gasteiger charge is -2.20. The van der Waals surface area contributed by atoms with E-state index in [1.807, 2.05) is 25.1 Å². The van der Waals surface area contributed by atoms with Crippen molar-refractivity contribution in [2.24, 2.45) is 0 Å². The van der Waals surface area contributed by atoms with Gasteiger partial charge in [-0.2, -0.15) is 0 Å². The van der Waals surface area contributed by atoms with E-state index in [0.29, 0.717) is 11.4 Å². The molecule has 0 atom stereocenters. The van der Waals surface area contributed by atoms with Gasteiger partial charge >= 0.3 is 5.97 Å². The van der Waals surface area contributed by atoms with Crippen LogP contribution < -0.4 is 4.74 Å². The number of pyridine rings is 1. The molecule has 1 aromatic heterocycles. The molecule has 0 unspecified atom stereocenters. The molecule has 0 radical (unpaired) electrons. The number of allylic oxidation sites excluding steroid dienone is 1. The van der Waals surface area contributed by atoms with Crippen LogP contribution in [0.25, 0.3) is 5.57 Å². The summed E-state index contributed by atoms with van der Waals surface area (Å²) in [6, 6.07) is 9.15. The summed E-state index contributed by atoms with van der Waals surface area (Å²) in [5.74, 6) is -0.325. The van der Waals surface area contributed by atoms with Crippen molar-refractivity contribution in [3.63, 3.8) is 0 Å².